The van der Waals surface area contributed by atoms with E-state index in [2.05, 4.69) is 20.4 Å². The summed E-state index contributed by atoms with van der Waals surface area (Å²) < 4.78 is 1.85. The highest BCUT2D eigenvalue weighted by Gasteiger charge is 2.26. The molecule has 2 aromatic heterocycles. The van der Waals surface area contributed by atoms with E-state index in [-0.39, 0.29) is 22.7 Å². The SMILES string of the molecule is CCc1nc2n(n1)CCCC2NC(=O)c1ncc(C#N)cc1Cl. The van der Waals surface area contributed by atoms with Crippen molar-refractivity contribution < 1.29 is 4.79 Å². The van der Waals surface area contributed by atoms with E-state index >= 15 is 0 Å². The molecule has 7 nitrogen and oxygen atoms in total. The van der Waals surface area contributed by atoms with Gasteiger partial charge >= 0.3 is 0 Å². The van der Waals surface area contributed by atoms with Crippen LogP contribution in [0.5, 0.6) is 0 Å². The molecular formula is C15H15ClN6O. The van der Waals surface area contributed by atoms with E-state index < -0.39 is 0 Å². The summed E-state index contributed by atoms with van der Waals surface area (Å²) in [6.07, 6.45) is 3.80. The van der Waals surface area contributed by atoms with Gasteiger partial charge in [-0.25, -0.2) is 14.6 Å². The van der Waals surface area contributed by atoms with Gasteiger partial charge in [-0.2, -0.15) is 10.4 Å². The number of nitrogens with zero attached hydrogens (tertiary/aromatic N) is 5. The van der Waals surface area contributed by atoms with Crippen LogP contribution in [0.25, 0.3) is 0 Å². The minimum absolute atomic E-state index is 0.109. The molecule has 1 aliphatic rings. The normalized spacial score (nSPS) is 16.5. The lowest BCUT2D eigenvalue weighted by Gasteiger charge is -2.23. The maximum Gasteiger partial charge on any atom is 0.272 e. The van der Waals surface area contributed by atoms with Crippen LogP contribution in [0.15, 0.2) is 12.3 Å². The molecule has 1 aliphatic heterocycles. The number of rotatable bonds is 3. The van der Waals surface area contributed by atoms with Crippen LogP contribution in [-0.4, -0.2) is 25.7 Å². The zero-order chi connectivity index (χ0) is 16.4. The molecule has 1 N–H and O–H groups in total. The number of carbonyl (C=O) groups excluding carboxylic acids is 1. The fourth-order valence-corrected chi connectivity index (χ4v) is 2.83. The molecule has 1 unspecified atom stereocenters. The van der Waals surface area contributed by atoms with Crippen LogP contribution in [0.4, 0.5) is 0 Å². The zero-order valence-corrected chi connectivity index (χ0v) is 13.3. The van der Waals surface area contributed by atoms with Crippen LogP contribution < -0.4 is 5.32 Å². The minimum Gasteiger partial charge on any atom is -0.341 e. The Balaban J connectivity index is 1.82. The van der Waals surface area contributed by atoms with E-state index in [0.29, 0.717) is 5.56 Å². The predicted molar refractivity (Wildman–Crippen MR) is 82.8 cm³/mol. The van der Waals surface area contributed by atoms with Crippen molar-refractivity contribution in [1.82, 2.24) is 25.1 Å². The van der Waals surface area contributed by atoms with E-state index in [1.54, 1.807) is 0 Å². The summed E-state index contributed by atoms with van der Waals surface area (Å²) in [5.74, 6) is 1.17. The van der Waals surface area contributed by atoms with Gasteiger partial charge in [0.05, 0.1) is 16.6 Å². The van der Waals surface area contributed by atoms with Crippen molar-refractivity contribution in [3.8, 4) is 6.07 Å². The molecule has 23 heavy (non-hydrogen) atoms. The van der Waals surface area contributed by atoms with Crippen LogP contribution >= 0.6 is 11.6 Å². The van der Waals surface area contributed by atoms with Gasteiger partial charge in [-0.3, -0.25) is 4.79 Å². The molecule has 0 saturated carbocycles. The first-order valence-electron chi connectivity index (χ1n) is 7.42. The first kappa shape index (κ1) is 15.4. The van der Waals surface area contributed by atoms with Gasteiger partial charge < -0.3 is 5.32 Å². The Hall–Kier alpha value is -2.46. The van der Waals surface area contributed by atoms with E-state index in [4.69, 9.17) is 16.9 Å². The van der Waals surface area contributed by atoms with Crippen molar-refractivity contribution in [1.29, 1.82) is 5.26 Å². The van der Waals surface area contributed by atoms with Gasteiger partial charge in [0.2, 0.25) is 0 Å². The largest absolute Gasteiger partial charge is 0.341 e. The third kappa shape index (κ3) is 3.03. The summed E-state index contributed by atoms with van der Waals surface area (Å²) >= 11 is 6.04. The fraction of sp³-hybridized carbons (Fsp3) is 0.400. The number of nitrogens with one attached hydrogen (secondary N) is 1. The van der Waals surface area contributed by atoms with Crippen LogP contribution in [0.3, 0.4) is 0 Å². The molecule has 0 saturated heterocycles. The second-order valence-electron chi connectivity index (χ2n) is 5.30. The monoisotopic (exact) mass is 330 g/mol. The zero-order valence-electron chi connectivity index (χ0n) is 12.6. The number of fused-ring (bicyclic) bond motifs is 1. The molecule has 0 fully saturated rings. The minimum atomic E-state index is -0.376. The molecule has 0 aromatic carbocycles. The highest BCUT2D eigenvalue weighted by molar-refractivity contribution is 6.33. The average Bonchev–Trinajstić information content (AvgIpc) is 2.99. The molecule has 8 heteroatoms. The summed E-state index contributed by atoms with van der Waals surface area (Å²) in [6.45, 7) is 2.81. The van der Waals surface area contributed by atoms with Crippen molar-refractivity contribution in [2.45, 2.75) is 38.8 Å². The van der Waals surface area contributed by atoms with Crippen molar-refractivity contribution in [3.05, 3.63) is 40.2 Å². The summed E-state index contributed by atoms with van der Waals surface area (Å²) in [7, 11) is 0. The molecular weight excluding hydrogens is 316 g/mol. The second-order valence-corrected chi connectivity index (χ2v) is 5.70. The Morgan fingerprint density at radius 1 is 1.61 bits per heavy atom. The van der Waals surface area contributed by atoms with Gasteiger partial charge in [0.25, 0.3) is 5.91 Å². The number of aryl methyl sites for hydroxylation is 2. The maximum absolute atomic E-state index is 12.4. The molecule has 3 rings (SSSR count). The van der Waals surface area contributed by atoms with Gasteiger partial charge in [-0.05, 0) is 18.9 Å². The molecule has 0 spiro atoms. The number of pyridine rings is 1. The Morgan fingerprint density at radius 2 is 2.43 bits per heavy atom. The molecule has 0 radical (unpaired) electrons. The average molecular weight is 331 g/mol. The Morgan fingerprint density at radius 3 is 3.13 bits per heavy atom. The van der Waals surface area contributed by atoms with Crippen LogP contribution in [-0.2, 0) is 13.0 Å². The van der Waals surface area contributed by atoms with Gasteiger partial charge in [-0.15, -0.1) is 0 Å². The van der Waals surface area contributed by atoms with Gasteiger partial charge in [-0.1, -0.05) is 18.5 Å². The van der Waals surface area contributed by atoms with E-state index in [9.17, 15) is 4.79 Å². The Kier molecular flexibility index (Phi) is 4.26. The molecule has 118 valence electrons. The Bertz CT molecular complexity index is 794. The van der Waals surface area contributed by atoms with E-state index in [0.717, 1.165) is 37.5 Å². The van der Waals surface area contributed by atoms with Crippen LogP contribution in [0, 0.1) is 11.3 Å². The molecule has 0 bridgehead atoms. The number of halogens is 1. The molecule has 2 aromatic rings. The number of nitriles is 1. The van der Waals surface area contributed by atoms with Crippen molar-refractivity contribution in [2.24, 2.45) is 0 Å². The number of aromatic nitrogens is 4. The van der Waals surface area contributed by atoms with Gasteiger partial charge in [0.1, 0.15) is 17.6 Å². The summed E-state index contributed by atoms with van der Waals surface area (Å²) in [4.78, 5) is 20.9. The third-order valence-corrected chi connectivity index (χ3v) is 4.01. The maximum atomic E-state index is 12.4. The summed E-state index contributed by atoms with van der Waals surface area (Å²) in [5, 5.41) is 16.3. The Labute approximate surface area is 138 Å². The fourth-order valence-electron chi connectivity index (χ4n) is 2.58. The van der Waals surface area contributed by atoms with Gasteiger partial charge in [0.15, 0.2) is 5.82 Å². The first-order valence-corrected chi connectivity index (χ1v) is 7.80. The van der Waals surface area contributed by atoms with Gasteiger partial charge in [0, 0.05) is 19.2 Å². The van der Waals surface area contributed by atoms with E-state index in [1.807, 2.05) is 17.7 Å². The lowest BCUT2D eigenvalue weighted by Crippen LogP contribution is -2.33. The van der Waals surface area contributed by atoms with Crippen LogP contribution in [0.1, 0.15) is 53.5 Å². The lowest BCUT2D eigenvalue weighted by atomic mass is 10.1. The molecule has 1 amide bonds. The number of carbonyl (C=O) groups is 1. The van der Waals surface area contributed by atoms with Crippen molar-refractivity contribution >= 4 is 17.5 Å². The smallest absolute Gasteiger partial charge is 0.272 e. The summed E-state index contributed by atoms with van der Waals surface area (Å²) in [5.41, 5.74) is 0.426. The first-order chi connectivity index (χ1) is 11.1. The predicted octanol–water partition coefficient (Wildman–Crippen LogP) is 2.03. The number of hydrogen-bond acceptors (Lipinski definition) is 5. The summed E-state index contributed by atoms with van der Waals surface area (Å²) in [6, 6.07) is 3.16. The molecule has 3 heterocycles. The third-order valence-electron chi connectivity index (χ3n) is 3.73. The number of hydrogen-bond donors (Lipinski definition) is 1. The molecule has 0 aliphatic carbocycles. The van der Waals surface area contributed by atoms with Crippen molar-refractivity contribution in [3.63, 3.8) is 0 Å². The topological polar surface area (TPSA) is 96.5 Å². The van der Waals surface area contributed by atoms with Crippen LogP contribution in [0.2, 0.25) is 5.02 Å². The van der Waals surface area contributed by atoms with Crippen molar-refractivity contribution in [2.75, 3.05) is 0 Å². The molecule has 1 atom stereocenters. The lowest BCUT2D eigenvalue weighted by molar-refractivity contribution is 0.0922. The second kappa shape index (κ2) is 6.34. The number of amides is 1. The quantitative estimate of drug-likeness (QED) is 0.928. The van der Waals surface area contributed by atoms with E-state index in [1.165, 1.54) is 12.3 Å². The highest BCUT2D eigenvalue weighted by Crippen LogP contribution is 2.24. The standard InChI is InChI=1S/C15H15ClN6O/c1-2-12-20-14-11(4-3-5-22(14)21-12)19-15(23)13-10(16)6-9(7-17)8-18-13/h6,8,11H,2-5H2,1H3,(H,19,23). The highest BCUT2D eigenvalue weighted by atomic mass is 35.5.